The minimum absolute atomic E-state index is 0.242. The zero-order valence-corrected chi connectivity index (χ0v) is 14.3. The van der Waals surface area contributed by atoms with E-state index in [1.54, 1.807) is 10.9 Å². The maximum Gasteiger partial charge on any atom is 0.244 e. The number of hydrogen-bond acceptors (Lipinski definition) is 4. The Morgan fingerprint density at radius 3 is 2.38 bits per heavy atom. The van der Waals surface area contributed by atoms with Gasteiger partial charge in [0.25, 0.3) is 0 Å². The van der Waals surface area contributed by atoms with Crippen molar-refractivity contribution in [3.05, 3.63) is 12.4 Å². The van der Waals surface area contributed by atoms with Gasteiger partial charge in [-0.25, -0.2) is 13.1 Å². The average Bonchev–Trinajstić information content (AvgIpc) is 2.95. The molecule has 0 aliphatic rings. The second-order valence-electron chi connectivity index (χ2n) is 5.34. The normalized spacial score (nSPS) is 12.8. The van der Waals surface area contributed by atoms with Gasteiger partial charge in [0, 0.05) is 18.3 Å². The van der Waals surface area contributed by atoms with Crippen molar-refractivity contribution in [2.24, 2.45) is 0 Å². The predicted octanol–water partition coefficient (Wildman–Crippen LogP) is 1.74. The second kappa shape index (κ2) is 7.91. The molecule has 0 spiro atoms. The molecule has 0 aliphatic carbocycles. The SMILES string of the molecule is CCC(CC)(CC)NS(=O)(=O)c1cnn(CCCNC)c1. The third-order valence-electron chi connectivity index (χ3n) is 4.12. The van der Waals surface area contributed by atoms with Crippen LogP contribution in [0.15, 0.2) is 17.3 Å². The summed E-state index contributed by atoms with van der Waals surface area (Å²) < 4.78 is 29.5. The molecule has 1 rings (SSSR count). The molecular weight excluding hydrogens is 288 g/mol. The van der Waals surface area contributed by atoms with Crippen molar-refractivity contribution in [3.63, 3.8) is 0 Å². The van der Waals surface area contributed by atoms with Crippen LogP contribution in [0.2, 0.25) is 0 Å². The Morgan fingerprint density at radius 2 is 1.86 bits per heavy atom. The summed E-state index contributed by atoms with van der Waals surface area (Å²) in [6, 6.07) is 0. The van der Waals surface area contributed by atoms with Crippen LogP contribution < -0.4 is 10.0 Å². The Hall–Kier alpha value is -0.920. The van der Waals surface area contributed by atoms with Gasteiger partial charge in [0.05, 0.1) is 6.20 Å². The van der Waals surface area contributed by atoms with Crippen molar-refractivity contribution in [2.45, 2.75) is 63.4 Å². The number of sulfonamides is 1. The molecule has 0 unspecified atom stereocenters. The molecule has 0 fully saturated rings. The number of rotatable bonds is 10. The van der Waals surface area contributed by atoms with E-state index in [-0.39, 0.29) is 10.4 Å². The van der Waals surface area contributed by atoms with Gasteiger partial charge in [0.1, 0.15) is 4.90 Å². The van der Waals surface area contributed by atoms with Crippen LogP contribution in [0, 0.1) is 0 Å². The lowest BCUT2D eigenvalue weighted by Crippen LogP contribution is -2.46. The Balaban J connectivity index is 2.83. The zero-order valence-electron chi connectivity index (χ0n) is 13.5. The van der Waals surface area contributed by atoms with Crippen LogP contribution >= 0.6 is 0 Å². The number of nitrogens with one attached hydrogen (secondary N) is 2. The van der Waals surface area contributed by atoms with Crippen molar-refractivity contribution in [2.75, 3.05) is 13.6 Å². The molecule has 1 aromatic rings. The number of nitrogens with zero attached hydrogens (tertiary/aromatic N) is 2. The van der Waals surface area contributed by atoms with Gasteiger partial charge in [-0.3, -0.25) is 4.68 Å². The highest BCUT2D eigenvalue weighted by Crippen LogP contribution is 2.22. The molecule has 0 atom stereocenters. The van der Waals surface area contributed by atoms with Gasteiger partial charge >= 0.3 is 0 Å². The maximum absolute atomic E-state index is 12.5. The Labute approximate surface area is 128 Å². The van der Waals surface area contributed by atoms with Crippen LogP contribution in [0.25, 0.3) is 0 Å². The molecule has 122 valence electrons. The van der Waals surface area contributed by atoms with E-state index in [9.17, 15) is 8.42 Å². The molecule has 0 saturated heterocycles. The first-order chi connectivity index (χ1) is 9.93. The van der Waals surface area contributed by atoms with E-state index >= 15 is 0 Å². The Morgan fingerprint density at radius 1 is 1.24 bits per heavy atom. The first kappa shape index (κ1) is 18.1. The van der Waals surface area contributed by atoms with Gasteiger partial charge in [-0.2, -0.15) is 5.10 Å². The Kier molecular flexibility index (Phi) is 6.83. The van der Waals surface area contributed by atoms with Gasteiger partial charge in [-0.15, -0.1) is 0 Å². The van der Waals surface area contributed by atoms with E-state index in [2.05, 4.69) is 15.1 Å². The molecule has 0 aliphatic heterocycles. The highest BCUT2D eigenvalue weighted by molar-refractivity contribution is 7.89. The van der Waals surface area contributed by atoms with E-state index < -0.39 is 10.0 Å². The number of aromatic nitrogens is 2. The standard InChI is InChI=1S/C14H28N4O2S/c1-5-14(6-2,7-3)17-21(19,20)13-11-16-18(12-13)10-8-9-15-4/h11-12,15,17H,5-10H2,1-4H3. The van der Waals surface area contributed by atoms with Crippen LogP contribution in [-0.4, -0.2) is 37.3 Å². The van der Waals surface area contributed by atoms with Crippen LogP contribution in [0.4, 0.5) is 0 Å². The summed E-state index contributed by atoms with van der Waals surface area (Å²) in [6.45, 7) is 7.62. The molecule has 2 N–H and O–H groups in total. The van der Waals surface area contributed by atoms with Crippen molar-refractivity contribution in [1.29, 1.82) is 0 Å². The summed E-state index contributed by atoms with van der Waals surface area (Å²) in [5, 5.41) is 7.19. The molecule has 0 amide bonds. The van der Waals surface area contributed by atoms with E-state index in [4.69, 9.17) is 0 Å². The molecule has 0 aromatic carbocycles. The van der Waals surface area contributed by atoms with Gasteiger partial charge in [-0.1, -0.05) is 20.8 Å². The van der Waals surface area contributed by atoms with Gasteiger partial charge in [-0.05, 0) is 39.3 Å². The van der Waals surface area contributed by atoms with Crippen molar-refractivity contribution in [3.8, 4) is 0 Å². The highest BCUT2D eigenvalue weighted by atomic mass is 32.2. The molecule has 21 heavy (non-hydrogen) atoms. The lowest BCUT2D eigenvalue weighted by atomic mass is 9.91. The Bertz CT molecular complexity index is 513. The molecule has 6 nitrogen and oxygen atoms in total. The third-order valence-corrected chi connectivity index (χ3v) is 5.65. The summed E-state index contributed by atoms with van der Waals surface area (Å²) in [5.41, 5.74) is -0.368. The fourth-order valence-electron chi connectivity index (χ4n) is 2.33. The van der Waals surface area contributed by atoms with Crippen molar-refractivity contribution < 1.29 is 8.42 Å². The summed E-state index contributed by atoms with van der Waals surface area (Å²) in [6.07, 6.45) is 6.26. The third kappa shape index (κ3) is 4.79. The summed E-state index contributed by atoms with van der Waals surface area (Å²) in [5.74, 6) is 0. The molecule has 0 radical (unpaired) electrons. The van der Waals surface area contributed by atoms with Crippen LogP contribution in [-0.2, 0) is 16.6 Å². The zero-order chi connectivity index (χ0) is 15.9. The smallest absolute Gasteiger partial charge is 0.244 e. The van der Waals surface area contributed by atoms with E-state index in [1.807, 2.05) is 27.8 Å². The average molecular weight is 316 g/mol. The molecule has 1 aromatic heterocycles. The summed E-state index contributed by atoms with van der Waals surface area (Å²) in [4.78, 5) is 0.242. The quantitative estimate of drug-likeness (QED) is 0.645. The molecule has 7 heteroatoms. The van der Waals surface area contributed by atoms with E-state index in [1.165, 1.54) is 6.20 Å². The van der Waals surface area contributed by atoms with Gasteiger partial charge in [0.15, 0.2) is 0 Å². The number of hydrogen-bond donors (Lipinski definition) is 2. The lowest BCUT2D eigenvalue weighted by molar-refractivity contribution is 0.341. The lowest BCUT2D eigenvalue weighted by Gasteiger charge is -2.30. The van der Waals surface area contributed by atoms with Gasteiger partial charge in [0.2, 0.25) is 10.0 Å². The second-order valence-corrected chi connectivity index (χ2v) is 7.03. The molecule has 0 bridgehead atoms. The molecule has 0 saturated carbocycles. The van der Waals surface area contributed by atoms with E-state index in [0.29, 0.717) is 6.54 Å². The van der Waals surface area contributed by atoms with E-state index in [0.717, 1.165) is 32.2 Å². The largest absolute Gasteiger partial charge is 0.320 e. The fourth-order valence-corrected chi connectivity index (χ4v) is 3.90. The first-order valence-corrected chi connectivity index (χ1v) is 9.12. The van der Waals surface area contributed by atoms with Crippen molar-refractivity contribution in [1.82, 2.24) is 19.8 Å². The highest BCUT2D eigenvalue weighted by Gasteiger charge is 2.30. The van der Waals surface area contributed by atoms with Crippen molar-refractivity contribution >= 4 is 10.0 Å². The minimum Gasteiger partial charge on any atom is -0.320 e. The minimum atomic E-state index is -3.51. The van der Waals surface area contributed by atoms with Crippen LogP contribution in [0.1, 0.15) is 46.5 Å². The molecular formula is C14H28N4O2S. The molecule has 1 heterocycles. The first-order valence-electron chi connectivity index (χ1n) is 7.64. The monoisotopic (exact) mass is 316 g/mol. The maximum atomic E-state index is 12.5. The van der Waals surface area contributed by atoms with Crippen LogP contribution in [0.5, 0.6) is 0 Å². The summed E-state index contributed by atoms with van der Waals surface area (Å²) in [7, 11) is -1.62. The predicted molar refractivity (Wildman–Crippen MR) is 84.7 cm³/mol. The summed E-state index contributed by atoms with van der Waals surface area (Å²) >= 11 is 0. The van der Waals surface area contributed by atoms with Gasteiger partial charge < -0.3 is 5.32 Å². The fraction of sp³-hybridized carbons (Fsp3) is 0.786. The number of aryl methyl sites for hydroxylation is 1. The van der Waals surface area contributed by atoms with Crippen LogP contribution in [0.3, 0.4) is 0 Å². The topological polar surface area (TPSA) is 76.0 Å².